The first-order chi connectivity index (χ1) is 15.7. The van der Waals surface area contributed by atoms with Gasteiger partial charge in [0.15, 0.2) is 5.56 Å². The van der Waals surface area contributed by atoms with Crippen molar-refractivity contribution >= 4 is 16.9 Å². The standard InChI is InChI=1S/C25H30N4O4/c1-5-16-21(26-24(31)20(23(16)30)25(32)33)13-6-7-19-14(8-13)9-15(28(19)4)10-29-11-17-18(12-29)22(17)27(2)3/h6-9,17-18,22H,5,10-12H2,1-4H3,(H,32,33)(H2,26,30,31)/t17-,18+,22?. The van der Waals surface area contributed by atoms with Crippen LogP contribution in [0.1, 0.15) is 28.5 Å². The van der Waals surface area contributed by atoms with Crippen LogP contribution in [0.2, 0.25) is 0 Å². The highest BCUT2D eigenvalue weighted by Crippen LogP contribution is 2.48. The van der Waals surface area contributed by atoms with E-state index in [0.717, 1.165) is 54.0 Å². The molecule has 1 aliphatic carbocycles. The fraction of sp³-hybridized carbons (Fsp3) is 0.440. The number of likely N-dealkylation sites (tertiary alicyclic amines) is 1. The second kappa shape index (κ2) is 7.74. The van der Waals surface area contributed by atoms with Gasteiger partial charge in [0.25, 0.3) is 5.56 Å². The zero-order valence-electron chi connectivity index (χ0n) is 19.4. The van der Waals surface area contributed by atoms with Gasteiger partial charge < -0.3 is 24.7 Å². The molecule has 1 aromatic carbocycles. The number of fused-ring (bicyclic) bond motifs is 2. The molecule has 2 aromatic heterocycles. The number of piperidine rings is 1. The Labute approximate surface area is 192 Å². The van der Waals surface area contributed by atoms with E-state index in [1.54, 1.807) is 0 Å². The third-order valence-corrected chi connectivity index (χ3v) is 7.49. The molecule has 2 aliphatic rings. The lowest BCUT2D eigenvalue weighted by Gasteiger charge is -2.22. The van der Waals surface area contributed by atoms with Crippen molar-refractivity contribution in [1.29, 1.82) is 0 Å². The molecule has 0 spiro atoms. The molecule has 0 bridgehead atoms. The predicted octanol–water partition coefficient (Wildman–Crippen LogP) is 2.49. The molecule has 1 unspecified atom stereocenters. The number of pyridine rings is 1. The van der Waals surface area contributed by atoms with E-state index in [-0.39, 0.29) is 0 Å². The number of hydrogen-bond acceptors (Lipinski definition) is 5. The predicted molar refractivity (Wildman–Crippen MR) is 127 cm³/mol. The number of nitrogens with one attached hydrogen (secondary N) is 1. The molecule has 1 aliphatic heterocycles. The number of aromatic nitrogens is 2. The summed E-state index contributed by atoms with van der Waals surface area (Å²) in [5.74, 6) is -0.324. The van der Waals surface area contributed by atoms with Crippen LogP contribution in [-0.2, 0) is 20.0 Å². The zero-order chi connectivity index (χ0) is 23.6. The minimum Gasteiger partial charge on any atom is -0.506 e. The van der Waals surface area contributed by atoms with Crippen molar-refractivity contribution in [3.05, 3.63) is 51.4 Å². The number of nitrogens with zero attached hydrogens (tertiary/aromatic N) is 3. The molecular weight excluding hydrogens is 420 g/mol. The molecule has 2 fully saturated rings. The molecular formula is C25H30N4O4. The van der Waals surface area contributed by atoms with Gasteiger partial charge in [-0.05, 0) is 56.1 Å². The lowest BCUT2D eigenvalue weighted by molar-refractivity contribution is 0.0691. The van der Waals surface area contributed by atoms with E-state index in [1.807, 2.05) is 25.1 Å². The fourth-order valence-corrected chi connectivity index (χ4v) is 5.84. The zero-order valence-corrected chi connectivity index (χ0v) is 19.4. The molecule has 174 valence electrons. The second-order valence-electron chi connectivity index (χ2n) is 9.63. The van der Waals surface area contributed by atoms with Gasteiger partial charge in [-0.25, -0.2) is 4.79 Å². The highest BCUT2D eigenvalue weighted by Gasteiger charge is 2.56. The Balaban J connectivity index is 1.46. The largest absolute Gasteiger partial charge is 0.506 e. The summed E-state index contributed by atoms with van der Waals surface area (Å²) in [5, 5.41) is 20.8. The minimum absolute atomic E-state index is 0.390. The van der Waals surface area contributed by atoms with Crippen LogP contribution in [-0.4, -0.2) is 68.8 Å². The summed E-state index contributed by atoms with van der Waals surface area (Å²) in [4.78, 5) is 31.3. The van der Waals surface area contributed by atoms with Crippen LogP contribution in [0.5, 0.6) is 5.75 Å². The van der Waals surface area contributed by atoms with Crippen LogP contribution in [0.15, 0.2) is 29.1 Å². The second-order valence-corrected chi connectivity index (χ2v) is 9.63. The number of carboxylic acids is 1. The van der Waals surface area contributed by atoms with E-state index in [0.29, 0.717) is 17.7 Å². The van der Waals surface area contributed by atoms with Gasteiger partial charge in [0, 0.05) is 54.9 Å². The van der Waals surface area contributed by atoms with Gasteiger partial charge in [-0.15, -0.1) is 0 Å². The number of H-pyrrole nitrogens is 1. The molecule has 8 nitrogen and oxygen atoms in total. The summed E-state index contributed by atoms with van der Waals surface area (Å²) >= 11 is 0. The summed E-state index contributed by atoms with van der Waals surface area (Å²) in [6.07, 6.45) is 0.390. The van der Waals surface area contributed by atoms with E-state index in [2.05, 4.69) is 46.6 Å². The topological polar surface area (TPSA) is 102 Å². The van der Waals surface area contributed by atoms with Gasteiger partial charge in [-0.2, -0.15) is 0 Å². The summed E-state index contributed by atoms with van der Waals surface area (Å²) in [7, 11) is 6.41. The Kier molecular flexibility index (Phi) is 5.10. The van der Waals surface area contributed by atoms with Gasteiger partial charge in [0.05, 0.1) is 5.69 Å². The summed E-state index contributed by atoms with van der Waals surface area (Å²) in [6.45, 7) is 5.00. The maximum absolute atomic E-state index is 12.3. The van der Waals surface area contributed by atoms with Gasteiger partial charge in [0.1, 0.15) is 5.75 Å². The van der Waals surface area contributed by atoms with Crippen molar-refractivity contribution in [3.63, 3.8) is 0 Å². The molecule has 1 saturated carbocycles. The number of aromatic carboxylic acids is 1. The lowest BCUT2D eigenvalue weighted by atomic mass is 9.99. The SMILES string of the molecule is CCc1c(-c2ccc3c(c2)cc(CN2C[C@@H]4C(N(C)C)[C@@H]4C2)n3C)[nH]c(=O)c(C(=O)O)c1O. The number of benzene rings is 1. The summed E-state index contributed by atoms with van der Waals surface area (Å²) < 4.78 is 2.21. The van der Waals surface area contributed by atoms with Crippen molar-refractivity contribution in [3.8, 4) is 17.0 Å². The average Bonchev–Trinajstić information content (AvgIpc) is 3.11. The Morgan fingerprint density at radius 3 is 2.52 bits per heavy atom. The summed E-state index contributed by atoms with van der Waals surface area (Å²) in [5.41, 5.74) is 2.55. The normalized spacial score (nSPS) is 22.3. The van der Waals surface area contributed by atoms with E-state index in [1.165, 1.54) is 5.69 Å². The van der Waals surface area contributed by atoms with Crippen LogP contribution < -0.4 is 5.56 Å². The molecule has 8 heteroatoms. The molecule has 3 atom stereocenters. The number of hydrogen-bond donors (Lipinski definition) is 3. The first-order valence-electron chi connectivity index (χ1n) is 11.4. The van der Waals surface area contributed by atoms with Crippen LogP contribution in [0.25, 0.3) is 22.2 Å². The van der Waals surface area contributed by atoms with Crippen LogP contribution in [0.3, 0.4) is 0 Å². The van der Waals surface area contributed by atoms with Crippen molar-refractivity contribution in [2.75, 3.05) is 27.2 Å². The quantitative estimate of drug-likeness (QED) is 0.533. The molecule has 1 saturated heterocycles. The molecule has 0 radical (unpaired) electrons. The highest BCUT2D eigenvalue weighted by atomic mass is 16.4. The Morgan fingerprint density at radius 1 is 1.21 bits per heavy atom. The number of rotatable bonds is 6. The first-order valence-corrected chi connectivity index (χ1v) is 11.4. The molecule has 3 aromatic rings. The van der Waals surface area contributed by atoms with Crippen molar-refractivity contribution < 1.29 is 15.0 Å². The van der Waals surface area contributed by atoms with E-state index < -0.39 is 22.8 Å². The smallest absolute Gasteiger partial charge is 0.345 e. The molecule has 5 rings (SSSR count). The summed E-state index contributed by atoms with van der Waals surface area (Å²) in [6, 6.07) is 8.82. The van der Waals surface area contributed by atoms with Crippen molar-refractivity contribution in [2.45, 2.75) is 25.9 Å². The van der Waals surface area contributed by atoms with Crippen molar-refractivity contribution in [1.82, 2.24) is 19.4 Å². The number of aromatic hydroxyl groups is 1. The fourth-order valence-electron chi connectivity index (χ4n) is 5.84. The van der Waals surface area contributed by atoms with Gasteiger partial charge in [0.2, 0.25) is 0 Å². The first kappa shape index (κ1) is 21.7. The Bertz CT molecular complexity index is 1310. The maximum Gasteiger partial charge on any atom is 0.345 e. The van der Waals surface area contributed by atoms with Gasteiger partial charge in [-0.3, -0.25) is 9.69 Å². The van der Waals surface area contributed by atoms with Gasteiger partial charge in [-0.1, -0.05) is 13.0 Å². The number of aryl methyl sites for hydroxylation is 1. The van der Waals surface area contributed by atoms with E-state index >= 15 is 0 Å². The van der Waals surface area contributed by atoms with Crippen LogP contribution >= 0.6 is 0 Å². The van der Waals surface area contributed by atoms with Crippen LogP contribution in [0, 0.1) is 11.8 Å². The molecule has 3 N–H and O–H groups in total. The van der Waals surface area contributed by atoms with E-state index in [9.17, 15) is 19.8 Å². The van der Waals surface area contributed by atoms with Crippen LogP contribution in [0.4, 0.5) is 0 Å². The van der Waals surface area contributed by atoms with E-state index in [4.69, 9.17) is 0 Å². The molecule has 0 amide bonds. The number of carbonyl (C=O) groups is 1. The monoisotopic (exact) mass is 450 g/mol. The Morgan fingerprint density at radius 2 is 1.91 bits per heavy atom. The minimum atomic E-state index is -1.44. The molecule has 33 heavy (non-hydrogen) atoms. The highest BCUT2D eigenvalue weighted by molar-refractivity contribution is 5.92. The lowest BCUT2D eigenvalue weighted by Crippen LogP contribution is -2.30. The third-order valence-electron chi connectivity index (χ3n) is 7.49. The number of carboxylic acid groups (broad SMARTS) is 1. The molecule has 3 heterocycles. The number of aromatic amines is 1. The third kappa shape index (κ3) is 3.45. The van der Waals surface area contributed by atoms with Gasteiger partial charge >= 0.3 is 5.97 Å². The Hall–Kier alpha value is -3.10. The average molecular weight is 451 g/mol. The van der Waals surface area contributed by atoms with Crippen molar-refractivity contribution in [2.24, 2.45) is 18.9 Å². The maximum atomic E-state index is 12.3.